The predicted molar refractivity (Wildman–Crippen MR) is 50.3 cm³/mol. The molecule has 13 heavy (non-hydrogen) atoms. The van der Waals surface area contributed by atoms with Crippen molar-refractivity contribution in [2.24, 2.45) is 5.73 Å². The standard InChI is InChI=1S/C10H14FNO/c1-7(12)6-8-9(11)4-3-5-10(8)13-2/h3-5,7H,6,12H2,1-2H3/t7-/m0/s1. The molecule has 0 spiro atoms. The van der Waals surface area contributed by atoms with Crippen molar-refractivity contribution in [1.29, 1.82) is 0 Å². The first-order valence-corrected chi connectivity index (χ1v) is 4.22. The lowest BCUT2D eigenvalue weighted by Crippen LogP contribution is -2.19. The zero-order chi connectivity index (χ0) is 9.84. The third-order valence-electron chi connectivity index (χ3n) is 1.82. The van der Waals surface area contributed by atoms with E-state index < -0.39 is 0 Å². The summed E-state index contributed by atoms with van der Waals surface area (Å²) in [6.07, 6.45) is 0.496. The Kier molecular flexibility index (Phi) is 3.25. The average Bonchev–Trinajstić information content (AvgIpc) is 2.08. The van der Waals surface area contributed by atoms with Gasteiger partial charge in [0.2, 0.25) is 0 Å². The lowest BCUT2D eigenvalue weighted by Gasteiger charge is -2.10. The van der Waals surface area contributed by atoms with Crippen LogP contribution in [0.25, 0.3) is 0 Å². The van der Waals surface area contributed by atoms with Crippen LogP contribution in [0.15, 0.2) is 18.2 Å². The highest BCUT2D eigenvalue weighted by Gasteiger charge is 2.10. The van der Waals surface area contributed by atoms with Crippen LogP contribution in [0.5, 0.6) is 5.75 Å². The number of nitrogens with two attached hydrogens (primary N) is 1. The van der Waals surface area contributed by atoms with Crippen LogP contribution in [0.3, 0.4) is 0 Å². The molecular formula is C10H14FNO. The first-order valence-electron chi connectivity index (χ1n) is 4.22. The Morgan fingerprint density at radius 3 is 2.77 bits per heavy atom. The van der Waals surface area contributed by atoms with Crippen LogP contribution < -0.4 is 10.5 Å². The molecule has 0 unspecified atom stereocenters. The third kappa shape index (κ3) is 2.42. The van der Waals surface area contributed by atoms with Gasteiger partial charge in [0.25, 0.3) is 0 Å². The summed E-state index contributed by atoms with van der Waals surface area (Å²) >= 11 is 0. The van der Waals surface area contributed by atoms with E-state index in [1.54, 1.807) is 12.1 Å². The van der Waals surface area contributed by atoms with Gasteiger partial charge in [-0.25, -0.2) is 4.39 Å². The van der Waals surface area contributed by atoms with Gasteiger partial charge in [-0.1, -0.05) is 6.07 Å². The van der Waals surface area contributed by atoms with E-state index in [0.29, 0.717) is 17.7 Å². The maximum absolute atomic E-state index is 13.3. The molecule has 0 amide bonds. The minimum atomic E-state index is -0.253. The zero-order valence-corrected chi connectivity index (χ0v) is 7.88. The van der Waals surface area contributed by atoms with Crippen molar-refractivity contribution in [3.8, 4) is 5.75 Å². The monoisotopic (exact) mass is 183 g/mol. The molecular weight excluding hydrogens is 169 g/mol. The Morgan fingerprint density at radius 1 is 1.54 bits per heavy atom. The fourth-order valence-electron chi connectivity index (χ4n) is 1.25. The lowest BCUT2D eigenvalue weighted by atomic mass is 10.1. The smallest absolute Gasteiger partial charge is 0.130 e. The second kappa shape index (κ2) is 4.23. The molecule has 1 aromatic rings. The van der Waals surface area contributed by atoms with Crippen molar-refractivity contribution < 1.29 is 9.13 Å². The molecule has 3 heteroatoms. The molecule has 0 aliphatic carbocycles. The van der Waals surface area contributed by atoms with Crippen molar-refractivity contribution in [2.45, 2.75) is 19.4 Å². The summed E-state index contributed by atoms with van der Waals surface area (Å²) in [7, 11) is 1.53. The molecule has 0 aliphatic heterocycles. The molecule has 1 atom stereocenters. The Hall–Kier alpha value is -1.09. The van der Waals surface area contributed by atoms with Crippen LogP contribution >= 0.6 is 0 Å². The van der Waals surface area contributed by atoms with Gasteiger partial charge < -0.3 is 10.5 Å². The van der Waals surface area contributed by atoms with E-state index in [1.807, 2.05) is 6.92 Å². The van der Waals surface area contributed by atoms with Gasteiger partial charge in [0, 0.05) is 11.6 Å². The maximum Gasteiger partial charge on any atom is 0.130 e. The Bertz CT molecular complexity index is 286. The minimum absolute atomic E-state index is 0.0641. The van der Waals surface area contributed by atoms with Gasteiger partial charge in [-0.05, 0) is 25.5 Å². The average molecular weight is 183 g/mol. The van der Waals surface area contributed by atoms with Crippen molar-refractivity contribution in [3.63, 3.8) is 0 Å². The molecule has 0 bridgehead atoms. The highest BCUT2D eigenvalue weighted by molar-refractivity contribution is 5.35. The minimum Gasteiger partial charge on any atom is -0.496 e. The maximum atomic E-state index is 13.3. The molecule has 0 aromatic heterocycles. The van der Waals surface area contributed by atoms with Crippen molar-refractivity contribution >= 4 is 0 Å². The largest absolute Gasteiger partial charge is 0.496 e. The molecule has 2 nitrogen and oxygen atoms in total. The van der Waals surface area contributed by atoms with Crippen LogP contribution in [0, 0.1) is 5.82 Å². The third-order valence-corrected chi connectivity index (χ3v) is 1.82. The molecule has 1 rings (SSSR count). The SMILES string of the molecule is COc1cccc(F)c1C[C@H](C)N. The second-order valence-electron chi connectivity index (χ2n) is 3.10. The van der Waals surface area contributed by atoms with Crippen LogP contribution in [-0.4, -0.2) is 13.2 Å². The van der Waals surface area contributed by atoms with Crippen LogP contribution in [-0.2, 0) is 6.42 Å². The number of hydrogen-bond donors (Lipinski definition) is 1. The molecule has 0 radical (unpaired) electrons. The number of rotatable bonds is 3. The Labute approximate surface area is 77.5 Å². The highest BCUT2D eigenvalue weighted by atomic mass is 19.1. The molecule has 0 saturated carbocycles. The van der Waals surface area contributed by atoms with Crippen molar-refractivity contribution in [3.05, 3.63) is 29.6 Å². The first kappa shape index (κ1) is 9.99. The summed E-state index contributed by atoms with van der Waals surface area (Å²) in [5.41, 5.74) is 6.15. The van der Waals surface area contributed by atoms with Crippen LogP contribution in [0.4, 0.5) is 4.39 Å². The molecule has 0 fully saturated rings. The summed E-state index contributed by atoms with van der Waals surface area (Å²) in [6.45, 7) is 1.84. The molecule has 2 N–H and O–H groups in total. The van der Waals surface area contributed by atoms with E-state index in [0.717, 1.165) is 0 Å². The van der Waals surface area contributed by atoms with Gasteiger partial charge in [-0.2, -0.15) is 0 Å². The predicted octanol–water partition coefficient (Wildman–Crippen LogP) is 1.72. The first-order chi connectivity index (χ1) is 6.15. The van der Waals surface area contributed by atoms with Gasteiger partial charge in [0.1, 0.15) is 11.6 Å². The summed E-state index contributed by atoms with van der Waals surface area (Å²) < 4.78 is 18.3. The van der Waals surface area contributed by atoms with E-state index in [-0.39, 0.29) is 11.9 Å². The summed E-state index contributed by atoms with van der Waals surface area (Å²) in [5, 5.41) is 0. The Balaban J connectivity index is 3.00. The van der Waals surface area contributed by atoms with Gasteiger partial charge in [-0.3, -0.25) is 0 Å². The van der Waals surface area contributed by atoms with E-state index >= 15 is 0 Å². The van der Waals surface area contributed by atoms with Crippen molar-refractivity contribution in [1.82, 2.24) is 0 Å². The topological polar surface area (TPSA) is 35.2 Å². The second-order valence-corrected chi connectivity index (χ2v) is 3.10. The van der Waals surface area contributed by atoms with Gasteiger partial charge >= 0.3 is 0 Å². The molecule has 72 valence electrons. The van der Waals surface area contributed by atoms with Gasteiger partial charge in [0.15, 0.2) is 0 Å². The fraction of sp³-hybridized carbons (Fsp3) is 0.400. The number of methoxy groups -OCH3 is 1. The number of ether oxygens (including phenoxy) is 1. The van der Waals surface area contributed by atoms with Crippen LogP contribution in [0.2, 0.25) is 0 Å². The van der Waals surface area contributed by atoms with Gasteiger partial charge in [-0.15, -0.1) is 0 Å². The zero-order valence-electron chi connectivity index (χ0n) is 7.88. The van der Waals surface area contributed by atoms with E-state index in [1.165, 1.54) is 13.2 Å². The van der Waals surface area contributed by atoms with Gasteiger partial charge in [0.05, 0.1) is 7.11 Å². The molecule has 0 aliphatic rings. The number of benzene rings is 1. The normalized spacial score (nSPS) is 12.6. The van der Waals surface area contributed by atoms with Crippen molar-refractivity contribution in [2.75, 3.05) is 7.11 Å². The number of halogens is 1. The van der Waals surface area contributed by atoms with E-state index in [4.69, 9.17) is 10.5 Å². The molecule has 0 heterocycles. The van der Waals surface area contributed by atoms with E-state index in [2.05, 4.69) is 0 Å². The Morgan fingerprint density at radius 2 is 2.23 bits per heavy atom. The quantitative estimate of drug-likeness (QED) is 0.774. The summed E-state index contributed by atoms with van der Waals surface area (Å²) in [6, 6.07) is 4.71. The summed E-state index contributed by atoms with van der Waals surface area (Å²) in [5.74, 6) is 0.314. The summed E-state index contributed by atoms with van der Waals surface area (Å²) in [4.78, 5) is 0. The van der Waals surface area contributed by atoms with E-state index in [9.17, 15) is 4.39 Å². The fourth-order valence-corrected chi connectivity index (χ4v) is 1.25. The number of hydrogen-bond acceptors (Lipinski definition) is 2. The highest BCUT2D eigenvalue weighted by Crippen LogP contribution is 2.21. The lowest BCUT2D eigenvalue weighted by molar-refractivity contribution is 0.402. The van der Waals surface area contributed by atoms with Crippen LogP contribution in [0.1, 0.15) is 12.5 Å². The molecule has 0 saturated heterocycles. The molecule has 1 aromatic carbocycles.